The number of hydrogen-bond donors (Lipinski definition) is 0. The molecule has 4 rings (SSSR count). The molecule has 0 aromatic carbocycles. The molecule has 0 saturated carbocycles. The Bertz CT molecular complexity index is 742. The van der Waals surface area contributed by atoms with E-state index in [0.717, 1.165) is 42.2 Å². The molecule has 0 bridgehead atoms. The number of ether oxygens (including phenoxy) is 1. The lowest BCUT2D eigenvalue weighted by atomic mass is 9.92. The van der Waals surface area contributed by atoms with Gasteiger partial charge in [0.05, 0.1) is 29.6 Å². The fourth-order valence-electron chi connectivity index (χ4n) is 3.52. The maximum Gasteiger partial charge on any atom is 0.227 e. The summed E-state index contributed by atoms with van der Waals surface area (Å²) in [6, 6.07) is 8.07. The maximum atomic E-state index is 12.3. The summed E-state index contributed by atoms with van der Waals surface area (Å²) in [5.74, 6) is 1.26. The average Bonchev–Trinajstić information content (AvgIpc) is 3.21. The van der Waals surface area contributed by atoms with Crippen molar-refractivity contribution in [2.45, 2.75) is 37.2 Å². The van der Waals surface area contributed by atoms with Gasteiger partial charge in [-0.2, -0.15) is 11.3 Å². The molecule has 6 heteroatoms. The number of carbonyl (C=O) groups is 1. The number of nitrogens with zero attached hydrogens (tertiary/aromatic N) is 2. The van der Waals surface area contributed by atoms with Crippen LogP contribution in [0.5, 0.6) is 0 Å². The van der Waals surface area contributed by atoms with E-state index in [1.807, 2.05) is 53.2 Å². The van der Waals surface area contributed by atoms with Crippen LogP contribution < -0.4 is 0 Å². The van der Waals surface area contributed by atoms with Crippen molar-refractivity contribution in [2.24, 2.45) is 0 Å². The molecule has 2 saturated heterocycles. The van der Waals surface area contributed by atoms with Crippen LogP contribution in [0.25, 0.3) is 0 Å². The van der Waals surface area contributed by atoms with Crippen molar-refractivity contribution in [1.29, 1.82) is 0 Å². The van der Waals surface area contributed by atoms with Crippen LogP contribution in [0, 0.1) is 6.92 Å². The second kappa shape index (κ2) is 7.09. The predicted molar refractivity (Wildman–Crippen MR) is 102 cm³/mol. The first-order chi connectivity index (χ1) is 12.1. The monoisotopic (exact) mass is 374 g/mol. The zero-order chi connectivity index (χ0) is 17.3. The van der Waals surface area contributed by atoms with Crippen LogP contribution in [0.3, 0.4) is 0 Å². The zero-order valence-corrected chi connectivity index (χ0v) is 15.9. The maximum absolute atomic E-state index is 12.3. The van der Waals surface area contributed by atoms with Crippen molar-refractivity contribution in [1.82, 2.24) is 9.88 Å². The van der Waals surface area contributed by atoms with Crippen molar-refractivity contribution in [3.8, 4) is 0 Å². The molecule has 1 spiro atoms. The van der Waals surface area contributed by atoms with Gasteiger partial charge in [-0.1, -0.05) is 6.07 Å². The Morgan fingerprint density at radius 1 is 1.40 bits per heavy atom. The van der Waals surface area contributed by atoms with E-state index in [1.165, 1.54) is 0 Å². The number of amides is 1. The second-order valence-electron chi connectivity index (χ2n) is 6.96. The van der Waals surface area contributed by atoms with E-state index >= 15 is 0 Å². The summed E-state index contributed by atoms with van der Waals surface area (Å²) in [6.07, 6.45) is 1.83. The van der Waals surface area contributed by atoms with Gasteiger partial charge in [0.1, 0.15) is 0 Å². The van der Waals surface area contributed by atoms with Crippen molar-refractivity contribution >= 4 is 29.0 Å². The number of rotatable bonds is 5. The fraction of sp³-hybridized carbons (Fsp3) is 0.474. The van der Waals surface area contributed by atoms with Gasteiger partial charge in [0.15, 0.2) is 0 Å². The third kappa shape index (κ3) is 3.91. The molecule has 1 unspecified atom stereocenters. The summed E-state index contributed by atoms with van der Waals surface area (Å²) >= 11 is 3.62. The highest BCUT2D eigenvalue weighted by Crippen LogP contribution is 2.46. The lowest BCUT2D eigenvalue weighted by Gasteiger charge is -2.47. The van der Waals surface area contributed by atoms with E-state index in [9.17, 15) is 4.79 Å². The van der Waals surface area contributed by atoms with Crippen LogP contribution in [0.2, 0.25) is 0 Å². The molecule has 1 atom stereocenters. The Kier molecular flexibility index (Phi) is 4.84. The zero-order valence-electron chi connectivity index (χ0n) is 14.3. The number of thiophene rings is 1. The molecule has 0 aliphatic carbocycles. The van der Waals surface area contributed by atoms with Gasteiger partial charge in [-0.3, -0.25) is 9.78 Å². The normalized spacial score (nSPS) is 21.5. The molecule has 0 radical (unpaired) electrons. The van der Waals surface area contributed by atoms with Gasteiger partial charge in [0, 0.05) is 24.5 Å². The number of likely N-dealkylation sites (tertiary alicyclic amines) is 1. The molecule has 1 amide bonds. The molecule has 2 fully saturated rings. The lowest BCUT2D eigenvalue weighted by Crippen LogP contribution is -2.61. The topological polar surface area (TPSA) is 42.4 Å². The minimum Gasteiger partial charge on any atom is -0.371 e. The Morgan fingerprint density at radius 2 is 2.28 bits per heavy atom. The standard InChI is InChI=1S/C19H22N2O2S2/c1-14-3-2-4-16(20-14)9-23-17-8-19(25-11-17)12-21(13-19)18(22)7-15-5-6-24-10-15/h2-6,10,17H,7-9,11-13H2,1H3. The Morgan fingerprint density at radius 3 is 3.04 bits per heavy atom. The molecular formula is C19H22N2O2S2. The van der Waals surface area contributed by atoms with Crippen molar-refractivity contribution in [3.63, 3.8) is 0 Å². The summed E-state index contributed by atoms with van der Waals surface area (Å²) in [5, 5.41) is 4.08. The summed E-state index contributed by atoms with van der Waals surface area (Å²) in [4.78, 5) is 18.8. The Labute approximate surface area is 156 Å². The van der Waals surface area contributed by atoms with Crippen molar-refractivity contribution < 1.29 is 9.53 Å². The van der Waals surface area contributed by atoms with Crippen molar-refractivity contribution in [2.75, 3.05) is 18.8 Å². The van der Waals surface area contributed by atoms with Gasteiger partial charge < -0.3 is 9.64 Å². The van der Waals surface area contributed by atoms with E-state index in [1.54, 1.807) is 11.3 Å². The van der Waals surface area contributed by atoms with Gasteiger partial charge >= 0.3 is 0 Å². The Balaban J connectivity index is 1.24. The smallest absolute Gasteiger partial charge is 0.227 e. The number of aromatic nitrogens is 1. The highest BCUT2D eigenvalue weighted by Gasteiger charge is 2.50. The molecule has 4 nitrogen and oxygen atoms in total. The van der Waals surface area contributed by atoms with Crippen LogP contribution in [0.15, 0.2) is 35.0 Å². The third-order valence-corrected chi connectivity index (χ3v) is 7.14. The largest absolute Gasteiger partial charge is 0.371 e. The number of thioether (sulfide) groups is 1. The second-order valence-corrected chi connectivity index (χ2v) is 9.23. The van der Waals surface area contributed by atoms with Crippen LogP contribution in [0.4, 0.5) is 0 Å². The molecule has 2 aromatic rings. The number of hydrogen-bond acceptors (Lipinski definition) is 5. The summed E-state index contributed by atoms with van der Waals surface area (Å²) < 4.78 is 6.29. The molecule has 4 heterocycles. The van der Waals surface area contributed by atoms with Crippen LogP contribution >= 0.6 is 23.1 Å². The fourth-order valence-corrected chi connectivity index (χ4v) is 5.74. The van der Waals surface area contributed by atoms with E-state index in [0.29, 0.717) is 13.0 Å². The quantitative estimate of drug-likeness (QED) is 0.805. The number of pyridine rings is 1. The highest BCUT2D eigenvalue weighted by molar-refractivity contribution is 8.01. The minimum atomic E-state index is 0.217. The van der Waals surface area contributed by atoms with E-state index in [2.05, 4.69) is 10.4 Å². The first-order valence-electron chi connectivity index (χ1n) is 8.59. The summed E-state index contributed by atoms with van der Waals surface area (Å²) in [5.41, 5.74) is 3.14. The molecule has 0 N–H and O–H groups in total. The lowest BCUT2D eigenvalue weighted by molar-refractivity contribution is -0.136. The molecule has 2 aromatic heterocycles. The predicted octanol–water partition coefficient (Wildman–Crippen LogP) is 3.30. The highest BCUT2D eigenvalue weighted by atomic mass is 32.2. The van der Waals surface area contributed by atoms with E-state index in [4.69, 9.17) is 4.74 Å². The van der Waals surface area contributed by atoms with Gasteiger partial charge in [0.25, 0.3) is 0 Å². The first-order valence-corrected chi connectivity index (χ1v) is 10.5. The average molecular weight is 375 g/mol. The van der Waals surface area contributed by atoms with Gasteiger partial charge in [-0.05, 0) is 47.9 Å². The van der Waals surface area contributed by atoms with Gasteiger partial charge in [0.2, 0.25) is 5.91 Å². The summed E-state index contributed by atoms with van der Waals surface area (Å²) in [6.45, 7) is 4.30. The molecule has 132 valence electrons. The first kappa shape index (κ1) is 17.1. The van der Waals surface area contributed by atoms with Crippen molar-refractivity contribution in [3.05, 3.63) is 52.0 Å². The Hall–Kier alpha value is -1.37. The minimum absolute atomic E-state index is 0.217. The summed E-state index contributed by atoms with van der Waals surface area (Å²) in [7, 11) is 0. The number of carbonyl (C=O) groups excluding carboxylic acids is 1. The van der Waals surface area contributed by atoms with E-state index in [-0.39, 0.29) is 16.8 Å². The van der Waals surface area contributed by atoms with E-state index < -0.39 is 0 Å². The SMILES string of the molecule is Cc1cccc(COC2CSC3(C2)CN(C(=O)Cc2ccsc2)C3)n1. The van der Waals surface area contributed by atoms with Gasteiger partial charge in [-0.25, -0.2) is 0 Å². The molecule has 25 heavy (non-hydrogen) atoms. The third-order valence-electron chi connectivity index (χ3n) is 4.83. The molecular weight excluding hydrogens is 352 g/mol. The number of aryl methyl sites for hydroxylation is 1. The molecule has 2 aliphatic heterocycles. The molecule has 2 aliphatic rings. The van der Waals surface area contributed by atoms with Crippen LogP contribution in [-0.4, -0.2) is 45.5 Å². The van der Waals surface area contributed by atoms with Crippen LogP contribution in [-0.2, 0) is 22.6 Å². The van der Waals surface area contributed by atoms with Crippen LogP contribution in [0.1, 0.15) is 23.4 Å². The van der Waals surface area contributed by atoms with Gasteiger partial charge in [-0.15, -0.1) is 11.8 Å².